The van der Waals surface area contributed by atoms with E-state index in [0.29, 0.717) is 18.0 Å². The summed E-state index contributed by atoms with van der Waals surface area (Å²) in [7, 11) is 0. The SMILES string of the molecule is CC1CCNCC1NC(=O)C(Oc1ccc(F)c(F)c1)c1ccccc1.Cl. The van der Waals surface area contributed by atoms with E-state index in [1.807, 2.05) is 6.07 Å². The molecule has 27 heavy (non-hydrogen) atoms. The number of rotatable bonds is 5. The van der Waals surface area contributed by atoms with E-state index >= 15 is 0 Å². The van der Waals surface area contributed by atoms with Crippen LogP contribution in [-0.2, 0) is 4.79 Å². The molecule has 7 heteroatoms. The first-order chi connectivity index (χ1) is 12.5. The zero-order valence-corrected chi connectivity index (χ0v) is 15.8. The van der Waals surface area contributed by atoms with Crippen molar-refractivity contribution in [1.29, 1.82) is 0 Å². The quantitative estimate of drug-likeness (QED) is 0.811. The van der Waals surface area contributed by atoms with Gasteiger partial charge < -0.3 is 15.4 Å². The monoisotopic (exact) mass is 396 g/mol. The Morgan fingerprint density at radius 1 is 1.19 bits per heavy atom. The molecule has 2 N–H and O–H groups in total. The Morgan fingerprint density at radius 2 is 1.93 bits per heavy atom. The second kappa shape index (κ2) is 9.67. The van der Waals surface area contributed by atoms with Crippen molar-refractivity contribution in [3.63, 3.8) is 0 Å². The number of nitrogens with one attached hydrogen (secondary N) is 2. The Balaban J connectivity index is 0.00000261. The molecule has 1 fully saturated rings. The fourth-order valence-electron chi connectivity index (χ4n) is 3.03. The van der Waals surface area contributed by atoms with E-state index in [0.717, 1.165) is 25.1 Å². The van der Waals surface area contributed by atoms with Gasteiger partial charge >= 0.3 is 0 Å². The maximum Gasteiger partial charge on any atom is 0.266 e. The van der Waals surface area contributed by atoms with Gasteiger partial charge in [0.1, 0.15) is 5.75 Å². The molecule has 3 rings (SSSR count). The lowest BCUT2D eigenvalue weighted by atomic mass is 9.94. The number of carbonyl (C=O) groups excluding carboxylic acids is 1. The minimum Gasteiger partial charge on any atom is -0.476 e. The minimum atomic E-state index is -1.01. The molecular formula is C20H23ClF2N2O2. The van der Waals surface area contributed by atoms with Crippen LogP contribution in [0.5, 0.6) is 5.75 Å². The molecule has 3 unspecified atom stereocenters. The van der Waals surface area contributed by atoms with E-state index in [4.69, 9.17) is 4.74 Å². The average Bonchev–Trinajstić information content (AvgIpc) is 2.65. The summed E-state index contributed by atoms with van der Waals surface area (Å²) in [5.74, 6) is -1.83. The van der Waals surface area contributed by atoms with Gasteiger partial charge in [0, 0.05) is 24.2 Å². The van der Waals surface area contributed by atoms with Crippen molar-refractivity contribution in [3.8, 4) is 5.75 Å². The van der Waals surface area contributed by atoms with Crippen molar-refractivity contribution < 1.29 is 18.3 Å². The number of ether oxygens (including phenoxy) is 1. The number of hydrogen-bond acceptors (Lipinski definition) is 3. The summed E-state index contributed by atoms with van der Waals surface area (Å²) >= 11 is 0. The van der Waals surface area contributed by atoms with Crippen molar-refractivity contribution in [3.05, 3.63) is 65.7 Å². The lowest BCUT2D eigenvalue weighted by Crippen LogP contribution is -2.51. The van der Waals surface area contributed by atoms with Gasteiger partial charge in [0.15, 0.2) is 11.6 Å². The fraction of sp³-hybridized carbons (Fsp3) is 0.350. The lowest BCUT2D eigenvalue weighted by Gasteiger charge is -2.31. The van der Waals surface area contributed by atoms with Crippen molar-refractivity contribution in [2.75, 3.05) is 13.1 Å². The first-order valence-corrected chi connectivity index (χ1v) is 8.72. The highest BCUT2D eigenvalue weighted by Crippen LogP contribution is 2.24. The van der Waals surface area contributed by atoms with Crippen LogP contribution in [0.1, 0.15) is 25.0 Å². The number of amides is 1. The van der Waals surface area contributed by atoms with Crippen LogP contribution < -0.4 is 15.4 Å². The summed E-state index contributed by atoms with van der Waals surface area (Å²) in [4.78, 5) is 12.9. The Kier molecular flexibility index (Phi) is 7.56. The Morgan fingerprint density at radius 3 is 2.59 bits per heavy atom. The van der Waals surface area contributed by atoms with Crippen LogP contribution >= 0.6 is 12.4 Å². The van der Waals surface area contributed by atoms with Gasteiger partial charge in [0.05, 0.1) is 0 Å². The molecule has 1 aliphatic heterocycles. The van der Waals surface area contributed by atoms with Crippen LogP contribution in [0.25, 0.3) is 0 Å². The first kappa shape index (κ1) is 21.1. The Bertz CT molecular complexity index is 761. The zero-order valence-electron chi connectivity index (χ0n) is 15.0. The minimum absolute atomic E-state index is 0. The number of piperidine rings is 1. The second-order valence-electron chi connectivity index (χ2n) is 6.57. The van der Waals surface area contributed by atoms with Crippen molar-refractivity contribution >= 4 is 18.3 Å². The van der Waals surface area contributed by atoms with Crippen LogP contribution in [0, 0.1) is 17.6 Å². The third-order valence-electron chi connectivity index (χ3n) is 4.64. The zero-order chi connectivity index (χ0) is 18.5. The molecule has 0 radical (unpaired) electrons. The van der Waals surface area contributed by atoms with E-state index in [9.17, 15) is 13.6 Å². The van der Waals surface area contributed by atoms with E-state index < -0.39 is 17.7 Å². The molecule has 1 aliphatic rings. The molecule has 0 aliphatic carbocycles. The van der Waals surface area contributed by atoms with Gasteiger partial charge in [-0.05, 0) is 31.0 Å². The normalized spacial score (nSPS) is 20.3. The molecule has 0 spiro atoms. The van der Waals surface area contributed by atoms with Gasteiger partial charge in [-0.2, -0.15) is 0 Å². The van der Waals surface area contributed by atoms with Gasteiger partial charge in [-0.25, -0.2) is 8.78 Å². The molecule has 146 valence electrons. The largest absolute Gasteiger partial charge is 0.476 e. The molecule has 3 atom stereocenters. The summed E-state index contributed by atoms with van der Waals surface area (Å²) < 4.78 is 32.4. The summed E-state index contributed by atoms with van der Waals surface area (Å²) in [5, 5.41) is 6.29. The van der Waals surface area contributed by atoms with E-state index in [-0.39, 0.29) is 30.1 Å². The number of halogens is 3. The van der Waals surface area contributed by atoms with Gasteiger partial charge in [-0.1, -0.05) is 37.3 Å². The molecule has 1 heterocycles. The van der Waals surface area contributed by atoms with Crippen LogP contribution in [0.3, 0.4) is 0 Å². The van der Waals surface area contributed by atoms with Gasteiger partial charge in [0.2, 0.25) is 6.10 Å². The van der Waals surface area contributed by atoms with Gasteiger partial charge in [-0.15, -0.1) is 12.4 Å². The van der Waals surface area contributed by atoms with Crippen molar-refractivity contribution in [1.82, 2.24) is 10.6 Å². The van der Waals surface area contributed by atoms with E-state index in [2.05, 4.69) is 17.6 Å². The molecule has 2 aromatic carbocycles. The average molecular weight is 397 g/mol. The topological polar surface area (TPSA) is 50.4 Å². The molecule has 4 nitrogen and oxygen atoms in total. The number of hydrogen-bond donors (Lipinski definition) is 2. The first-order valence-electron chi connectivity index (χ1n) is 8.72. The smallest absolute Gasteiger partial charge is 0.266 e. The van der Waals surface area contributed by atoms with Crippen molar-refractivity contribution in [2.24, 2.45) is 5.92 Å². The highest BCUT2D eigenvalue weighted by Gasteiger charge is 2.28. The molecule has 0 aromatic heterocycles. The van der Waals surface area contributed by atoms with E-state index in [1.54, 1.807) is 24.3 Å². The predicted octanol–water partition coefficient (Wildman–Crippen LogP) is 3.62. The third-order valence-corrected chi connectivity index (χ3v) is 4.64. The van der Waals surface area contributed by atoms with Crippen LogP contribution in [0.2, 0.25) is 0 Å². The summed E-state index contributed by atoms with van der Waals surface area (Å²) in [5.41, 5.74) is 0.645. The molecule has 2 aromatic rings. The molecule has 1 amide bonds. The van der Waals surface area contributed by atoms with Crippen LogP contribution in [0.15, 0.2) is 48.5 Å². The predicted molar refractivity (Wildman–Crippen MR) is 102 cm³/mol. The van der Waals surface area contributed by atoms with Crippen LogP contribution in [0.4, 0.5) is 8.78 Å². The number of benzene rings is 2. The maximum absolute atomic E-state index is 13.5. The fourth-order valence-corrected chi connectivity index (χ4v) is 3.03. The van der Waals surface area contributed by atoms with Gasteiger partial charge in [0.25, 0.3) is 5.91 Å². The lowest BCUT2D eigenvalue weighted by molar-refractivity contribution is -0.129. The Labute approximate surface area is 163 Å². The second-order valence-corrected chi connectivity index (χ2v) is 6.57. The highest BCUT2D eigenvalue weighted by atomic mass is 35.5. The highest BCUT2D eigenvalue weighted by molar-refractivity contribution is 5.85. The third kappa shape index (κ3) is 5.40. The summed E-state index contributed by atoms with van der Waals surface area (Å²) in [6.45, 7) is 3.72. The molecular weight excluding hydrogens is 374 g/mol. The number of carbonyl (C=O) groups is 1. The standard InChI is InChI=1S/C20H22F2N2O2.ClH/c1-13-9-10-23-12-18(13)24-20(25)19(14-5-3-2-4-6-14)26-15-7-8-16(21)17(22)11-15;/h2-8,11,13,18-19,23H,9-10,12H2,1H3,(H,24,25);1H. The van der Waals surface area contributed by atoms with Crippen molar-refractivity contribution in [2.45, 2.75) is 25.5 Å². The maximum atomic E-state index is 13.5. The summed E-state index contributed by atoms with van der Waals surface area (Å²) in [6, 6.07) is 12.2. The Hall–Kier alpha value is -2.18. The molecule has 0 saturated carbocycles. The molecule has 1 saturated heterocycles. The van der Waals surface area contributed by atoms with Crippen LogP contribution in [-0.4, -0.2) is 25.0 Å². The van der Waals surface area contributed by atoms with E-state index in [1.165, 1.54) is 6.07 Å². The summed E-state index contributed by atoms with van der Waals surface area (Å²) in [6.07, 6.45) is 0.0283. The van der Waals surface area contributed by atoms with Gasteiger partial charge in [-0.3, -0.25) is 4.79 Å². The molecule has 0 bridgehead atoms.